The molecule has 0 unspecified atom stereocenters. The second-order valence-corrected chi connectivity index (χ2v) is 5.30. The van der Waals surface area contributed by atoms with Gasteiger partial charge in [0.1, 0.15) is 0 Å². The molecule has 1 aliphatic rings. The lowest BCUT2D eigenvalue weighted by Crippen LogP contribution is -2.26. The fourth-order valence-corrected chi connectivity index (χ4v) is 2.61. The van der Waals surface area contributed by atoms with Gasteiger partial charge in [-0.2, -0.15) is 0 Å². The van der Waals surface area contributed by atoms with Crippen LogP contribution in [0.1, 0.15) is 36.1 Å². The van der Waals surface area contributed by atoms with Crippen molar-refractivity contribution in [1.29, 1.82) is 0 Å². The van der Waals surface area contributed by atoms with Crippen LogP contribution in [0.15, 0.2) is 28.7 Å². The van der Waals surface area contributed by atoms with Crippen LogP contribution in [0.2, 0.25) is 5.02 Å². The summed E-state index contributed by atoms with van der Waals surface area (Å²) in [6, 6.07) is 7.73. The third-order valence-electron chi connectivity index (χ3n) is 3.42. The molecule has 0 saturated carbocycles. The number of piperidine rings is 1. The van der Waals surface area contributed by atoms with Crippen molar-refractivity contribution in [3.63, 3.8) is 0 Å². The fourth-order valence-electron chi connectivity index (χ4n) is 2.39. The third kappa shape index (κ3) is 3.14. The molecule has 2 heterocycles. The highest BCUT2D eigenvalue weighted by Crippen LogP contribution is 2.24. The molecule has 5 heteroatoms. The summed E-state index contributed by atoms with van der Waals surface area (Å²) in [5, 5.41) is 12.4. The maximum atomic E-state index is 5.96. The van der Waals surface area contributed by atoms with E-state index >= 15 is 0 Å². The molecule has 1 aromatic heterocycles. The quantitative estimate of drug-likeness (QED) is 0.937. The Balaban J connectivity index is 1.70. The van der Waals surface area contributed by atoms with Crippen LogP contribution in [-0.4, -0.2) is 23.3 Å². The van der Waals surface area contributed by atoms with Crippen LogP contribution in [0, 0.1) is 0 Å². The molecule has 100 valence electrons. The second kappa shape index (κ2) is 5.72. The van der Waals surface area contributed by atoms with Crippen LogP contribution in [-0.2, 0) is 6.42 Å². The van der Waals surface area contributed by atoms with Gasteiger partial charge in [0.2, 0.25) is 11.8 Å². The Morgan fingerprint density at radius 3 is 2.89 bits per heavy atom. The maximum absolute atomic E-state index is 5.96. The third-order valence-corrected chi connectivity index (χ3v) is 3.65. The van der Waals surface area contributed by atoms with Gasteiger partial charge in [0.25, 0.3) is 0 Å². The predicted molar refractivity (Wildman–Crippen MR) is 73.4 cm³/mol. The second-order valence-electron chi connectivity index (χ2n) is 4.87. The van der Waals surface area contributed by atoms with Gasteiger partial charge in [-0.1, -0.05) is 23.7 Å². The molecule has 3 rings (SSSR count). The Morgan fingerprint density at radius 2 is 2.11 bits per heavy atom. The van der Waals surface area contributed by atoms with E-state index < -0.39 is 0 Å². The topological polar surface area (TPSA) is 51.0 Å². The summed E-state index contributed by atoms with van der Waals surface area (Å²) in [5.41, 5.74) is 1.09. The van der Waals surface area contributed by atoms with Crippen molar-refractivity contribution in [1.82, 2.24) is 15.5 Å². The van der Waals surface area contributed by atoms with Crippen LogP contribution >= 0.6 is 11.6 Å². The first kappa shape index (κ1) is 12.6. The smallest absolute Gasteiger partial charge is 0.220 e. The first-order chi connectivity index (χ1) is 9.31. The number of nitrogens with one attached hydrogen (secondary N) is 1. The van der Waals surface area contributed by atoms with E-state index in [0.717, 1.165) is 42.4 Å². The van der Waals surface area contributed by atoms with Crippen molar-refractivity contribution in [3.05, 3.63) is 46.6 Å². The number of hydrogen-bond donors (Lipinski definition) is 1. The molecule has 0 radical (unpaired) electrons. The number of hydrogen-bond acceptors (Lipinski definition) is 4. The number of halogens is 1. The van der Waals surface area contributed by atoms with E-state index in [4.69, 9.17) is 16.0 Å². The van der Waals surface area contributed by atoms with Crippen LogP contribution in [0.4, 0.5) is 0 Å². The Hall–Kier alpha value is -1.39. The molecule has 1 N–H and O–H groups in total. The van der Waals surface area contributed by atoms with Gasteiger partial charge in [-0.05, 0) is 43.6 Å². The average molecular weight is 278 g/mol. The Kier molecular flexibility index (Phi) is 3.80. The van der Waals surface area contributed by atoms with Crippen molar-refractivity contribution in [3.8, 4) is 0 Å². The van der Waals surface area contributed by atoms with E-state index in [9.17, 15) is 0 Å². The number of aromatic nitrogens is 2. The normalized spacial score (nSPS) is 16.7. The highest BCUT2D eigenvalue weighted by atomic mass is 35.5. The molecule has 2 aromatic rings. The van der Waals surface area contributed by atoms with Gasteiger partial charge >= 0.3 is 0 Å². The fraction of sp³-hybridized carbons (Fsp3) is 0.429. The maximum Gasteiger partial charge on any atom is 0.220 e. The zero-order valence-electron chi connectivity index (χ0n) is 10.6. The molecule has 1 aromatic carbocycles. The predicted octanol–water partition coefficient (Wildman–Crippen LogP) is 2.78. The average Bonchev–Trinajstić information content (AvgIpc) is 2.88. The highest BCUT2D eigenvalue weighted by molar-refractivity contribution is 6.30. The van der Waals surface area contributed by atoms with Crippen LogP contribution in [0.3, 0.4) is 0 Å². The summed E-state index contributed by atoms with van der Waals surface area (Å²) in [6.07, 6.45) is 2.77. The zero-order chi connectivity index (χ0) is 13.1. The lowest BCUT2D eigenvalue weighted by molar-refractivity contribution is 0.363. The number of benzene rings is 1. The van der Waals surface area contributed by atoms with Crippen molar-refractivity contribution < 1.29 is 4.42 Å². The SMILES string of the molecule is Clc1cccc(Cc2nnc(C3CCNCC3)o2)c1. The minimum absolute atomic E-state index is 0.405. The minimum Gasteiger partial charge on any atom is -0.425 e. The van der Waals surface area contributed by atoms with Gasteiger partial charge in [0.05, 0.1) is 6.42 Å². The molecule has 1 fully saturated rings. The lowest BCUT2D eigenvalue weighted by Gasteiger charge is -2.18. The molecular formula is C14H16ClN3O. The molecule has 19 heavy (non-hydrogen) atoms. The monoisotopic (exact) mass is 277 g/mol. The summed E-state index contributed by atoms with van der Waals surface area (Å²) in [7, 11) is 0. The first-order valence-corrected chi connectivity index (χ1v) is 6.96. The Morgan fingerprint density at radius 1 is 1.26 bits per heavy atom. The van der Waals surface area contributed by atoms with Crippen LogP contribution in [0.25, 0.3) is 0 Å². The van der Waals surface area contributed by atoms with Gasteiger partial charge in [0, 0.05) is 10.9 Å². The molecular weight excluding hydrogens is 262 g/mol. The zero-order valence-corrected chi connectivity index (χ0v) is 11.4. The van der Waals surface area contributed by atoms with Gasteiger partial charge in [-0.25, -0.2) is 0 Å². The van der Waals surface area contributed by atoms with Crippen molar-refractivity contribution in [2.45, 2.75) is 25.2 Å². The standard InChI is InChI=1S/C14H16ClN3O/c15-12-3-1-2-10(8-12)9-13-17-18-14(19-13)11-4-6-16-7-5-11/h1-3,8,11,16H,4-7,9H2. The minimum atomic E-state index is 0.405. The van der Waals surface area contributed by atoms with E-state index in [1.807, 2.05) is 24.3 Å². The molecule has 1 aliphatic heterocycles. The van der Waals surface area contributed by atoms with E-state index in [0.29, 0.717) is 18.2 Å². The largest absolute Gasteiger partial charge is 0.425 e. The van der Waals surface area contributed by atoms with Crippen LogP contribution < -0.4 is 5.32 Å². The first-order valence-electron chi connectivity index (χ1n) is 6.59. The molecule has 0 spiro atoms. The summed E-state index contributed by atoms with van der Waals surface area (Å²) in [6.45, 7) is 2.05. The highest BCUT2D eigenvalue weighted by Gasteiger charge is 2.21. The van der Waals surface area contributed by atoms with Crippen molar-refractivity contribution >= 4 is 11.6 Å². The number of rotatable bonds is 3. The van der Waals surface area contributed by atoms with Gasteiger partial charge in [0.15, 0.2) is 0 Å². The summed E-state index contributed by atoms with van der Waals surface area (Å²) in [5.74, 6) is 1.84. The number of nitrogens with zero attached hydrogens (tertiary/aromatic N) is 2. The molecule has 4 nitrogen and oxygen atoms in total. The van der Waals surface area contributed by atoms with Crippen molar-refractivity contribution in [2.75, 3.05) is 13.1 Å². The van der Waals surface area contributed by atoms with Crippen molar-refractivity contribution in [2.24, 2.45) is 0 Å². The molecule has 0 amide bonds. The van der Waals surface area contributed by atoms with Gasteiger partial charge in [-0.3, -0.25) is 0 Å². The van der Waals surface area contributed by atoms with E-state index in [-0.39, 0.29) is 0 Å². The van der Waals surface area contributed by atoms with E-state index in [2.05, 4.69) is 15.5 Å². The van der Waals surface area contributed by atoms with E-state index in [1.165, 1.54) is 0 Å². The van der Waals surface area contributed by atoms with Crippen LogP contribution in [0.5, 0.6) is 0 Å². The molecule has 0 aliphatic carbocycles. The Bertz CT molecular complexity index is 549. The van der Waals surface area contributed by atoms with E-state index in [1.54, 1.807) is 0 Å². The summed E-state index contributed by atoms with van der Waals surface area (Å²) >= 11 is 5.96. The molecule has 1 saturated heterocycles. The Labute approximate surface area is 117 Å². The summed E-state index contributed by atoms with van der Waals surface area (Å²) < 4.78 is 5.77. The molecule has 0 bridgehead atoms. The lowest BCUT2D eigenvalue weighted by atomic mass is 9.98. The molecule has 0 atom stereocenters. The van der Waals surface area contributed by atoms with Gasteiger partial charge < -0.3 is 9.73 Å². The van der Waals surface area contributed by atoms with Gasteiger partial charge in [-0.15, -0.1) is 10.2 Å². The summed E-state index contributed by atoms with van der Waals surface area (Å²) in [4.78, 5) is 0.